The van der Waals surface area contributed by atoms with Crippen molar-refractivity contribution in [2.45, 2.75) is 25.3 Å². The Morgan fingerprint density at radius 3 is 2.85 bits per heavy atom. The van der Waals surface area contributed by atoms with E-state index >= 15 is 0 Å². The normalized spacial score (nSPS) is 15.3. The maximum atomic E-state index is 8.73. The number of hydrogen-bond acceptors (Lipinski definition) is 3. The SMILES string of the molecule is CC(c1ccccn1)[C@@H](N)CCO. The summed E-state index contributed by atoms with van der Waals surface area (Å²) in [6.07, 6.45) is 2.38. The van der Waals surface area contributed by atoms with E-state index in [4.69, 9.17) is 10.8 Å². The molecule has 0 saturated heterocycles. The van der Waals surface area contributed by atoms with E-state index in [1.165, 1.54) is 0 Å². The van der Waals surface area contributed by atoms with Gasteiger partial charge in [-0.1, -0.05) is 13.0 Å². The molecule has 3 nitrogen and oxygen atoms in total. The predicted octanol–water partition coefficient (Wildman–Crippen LogP) is 0.895. The summed E-state index contributed by atoms with van der Waals surface area (Å²) in [6, 6.07) is 5.78. The number of nitrogens with zero attached hydrogens (tertiary/aromatic N) is 1. The third-order valence-electron chi connectivity index (χ3n) is 2.26. The topological polar surface area (TPSA) is 59.1 Å². The average molecular weight is 180 g/mol. The highest BCUT2D eigenvalue weighted by molar-refractivity contribution is 5.10. The number of rotatable bonds is 4. The van der Waals surface area contributed by atoms with Crippen molar-refractivity contribution >= 4 is 0 Å². The summed E-state index contributed by atoms with van der Waals surface area (Å²) in [5, 5.41) is 8.73. The van der Waals surface area contributed by atoms with Crippen molar-refractivity contribution in [2.24, 2.45) is 5.73 Å². The minimum absolute atomic E-state index is 0.0140. The zero-order chi connectivity index (χ0) is 9.68. The van der Waals surface area contributed by atoms with E-state index in [2.05, 4.69) is 4.98 Å². The smallest absolute Gasteiger partial charge is 0.0447 e. The molecule has 0 fully saturated rings. The fraction of sp³-hybridized carbons (Fsp3) is 0.500. The number of aliphatic hydroxyl groups is 1. The number of nitrogens with two attached hydrogens (primary N) is 1. The second-order valence-electron chi connectivity index (χ2n) is 3.22. The van der Waals surface area contributed by atoms with E-state index in [0.717, 1.165) is 5.69 Å². The fourth-order valence-electron chi connectivity index (χ4n) is 1.26. The third-order valence-corrected chi connectivity index (χ3v) is 2.26. The first-order valence-electron chi connectivity index (χ1n) is 4.53. The molecule has 1 rings (SSSR count). The van der Waals surface area contributed by atoms with E-state index in [1.807, 2.05) is 25.1 Å². The van der Waals surface area contributed by atoms with Crippen molar-refractivity contribution in [3.8, 4) is 0 Å². The Kier molecular flexibility index (Phi) is 3.86. The molecule has 3 heteroatoms. The summed E-state index contributed by atoms with van der Waals surface area (Å²) < 4.78 is 0. The molecular weight excluding hydrogens is 164 g/mol. The summed E-state index contributed by atoms with van der Waals surface area (Å²) >= 11 is 0. The molecule has 13 heavy (non-hydrogen) atoms. The first-order chi connectivity index (χ1) is 6.25. The van der Waals surface area contributed by atoms with Crippen LogP contribution in [0.3, 0.4) is 0 Å². The number of aliphatic hydroxyl groups excluding tert-OH is 1. The van der Waals surface area contributed by atoms with Crippen LogP contribution in [0.15, 0.2) is 24.4 Å². The lowest BCUT2D eigenvalue weighted by Gasteiger charge is -2.17. The molecule has 0 aliphatic carbocycles. The second-order valence-corrected chi connectivity index (χ2v) is 3.22. The largest absolute Gasteiger partial charge is 0.396 e. The molecule has 0 aliphatic rings. The maximum absolute atomic E-state index is 8.73. The quantitative estimate of drug-likeness (QED) is 0.723. The molecule has 1 aromatic heterocycles. The molecule has 0 saturated carbocycles. The van der Waals surface area contributed by atoms with Crippen molar-refractivity contribution in [1.82, 2.24) is 4.98 Å². The van der Waals surface area contributed by atoms with Crippen molar-refractivity contribution < 1.29 is 5.11 Å². The highest BCUT2D eigenvalue weighted by Crippen LogP contribution is 2.16. The molecule has 0 radical (unpaired) electrons. The lowest BCUT2D eigenvalue weighted by molar-refractivity contribution is 0.269. The molecule has 3 N–H and O–H groups in total. The molecular formula is C10H16N2O. The van der Waals surface area contributed by atoms with E-state index in [1.54, 1.807) is 6.20 Å². The van der Waals surface area contributed by atoms with Crippen LogP contribution in [-0.4, -0.2) is 22.7 Å². The molecule has 1 aromatic rings. The molecule has 1 unspecified atom stereocenters. The second kappa shape index (κ2) is 4.94. The van der Waals surface area contributed by atoms with Crippen molar-refractivity contribution in [1.29, 1.82) is 0 Å². The third kappa shape index (κ3) is 2.79. The van der Waals surface area contributed by atoms with Crippen LogP contribution in [0.25, 0.3) is 0 Å². The van der Waals surface area contributed by atoms with Gasteiger partial charge < -0.3 is 10.8 Å². The van der Waals surface area contributed by atoms with Crippen LogP contribution in [0.2, 0.25) is 0 Å². The van der Waals surface area contributed by atoms with E-state index in [-0.39, 0.29) is 18.6 Å². The Balaban J connectivity index is 2.62. The predicted molar refractivity (Wildman–Crippen MR) is 52.3 cm³/mol. The average Bonchev–Trinajstić information content (AvgIpc) is 2.18. The Morgan fingerprint density at radius 2 is 2.31 bits per heavy atom. The van der Waals surface area contributed by atoms with Crippen LogP contribution >= 0.6 is 0 Å². The lowest BCUT2D eigenvalue weighted by atomic mass is 9.96. The molecule has 72 valence electrons. The molecule has 0 aliphatic heterocycles. The summed E-state index contributed by atoms with van der Waals surface area (Å²) in [5.74, 6) is 0.202. The van der Waals surface area contributed by atoms with E-state index < -0.39 is 0 Å². The zero-order valence-electron chi connectivity index (χ0n) is 7.85. The summed E-state index contributed by atoms with van der Waals surface area (Å²) in [4.78, 5) is 4.22. The van der Waals surface area contributed by atoms with Gasteiger partial charge in [0.05, 0.1) is 0 Å². The first-order valence-corrected chi connectivity index (χ1v) is 4.53. The van der Waals surface area contributed by atoms with Crippen LogP contribution in [0.5, 0.6) is 0 Å². The first kappa shape index (κ1) is 10.2. The molecule has 1 heterocycles. The number of hydrogen-bond donors (Lipinski definition) is 2. The Hall–Kier alpha value is -0.930. The van der Waals surface area contributed by atoms with Crippen molar-refractivity contribution in [3.05, 3.63) is 30.1 Å². The summed E-state index contributed by atoms with van der Waals surface area (Å²) in [7, 11) is 0. The lowest BCUT2D eigenvalue weighted by Crippen LogP contribution is -2.28. The Bertz CT molecular complexity index is 238. The van der Waals surface area contributed by atoms with E-state index in [0.29, 0.717) is 6.42 Å². The van der Waals surface area contributed by atoms with Crippen molar-refractivity contribution in [2.75, 3.05) is 6.61 Å². The minimum Gasteiger partial charge on any atom is -0.396 e. The van der Waals surface area contributed by atoms with Gasteiger partial charge in [-0.15, -0.1) is 0 Å². The van der Waals surface area contributed by atoms with Gasteiger partial charge in [0.2, 0.25) is 0 Å². The summed E-state index contributed by atoms with van der Waals surface area (Å²) in [6.45, 7) is 2.17. The molecule has 0 spiro atoms. The van der Waals surface area contributed by atoms with Crippen molar-refractivity contribution in [3.63, 3.8) is 0 Å². The highest BCUT2D eigenvalue weighted by Gasteiger charge is 2.14. The van der Waals surface area contributed by atoms with Crippen LogP contribution in [-0.2, 0) is 0 Å². The minimum atomic E-state index is -0.0140. The molecule has 0 bridgehead atoms. The van der Waals surface area contributed by atoms with Crippen LogP contribution in [0.4, 0.5) is 0 Å². The Morgan fingerprint density at radius 1 is 1.54 bits per heavy atom. The van der Waals surface area contributed by atoms with E-state index in [9.17, 15) is 0 Å². The maximum Gasteiger partial charge on any atom is 0.0447 e. The van der Waals surface area contributed by atoms with Gasteiger partial charge in [-0.05, 0) is 18.6 Å². The fourth-order valence-corrected chi connectivity index (χ4v) is 1.26. The monoisotopic (exact) mass is 180 g/mol. The van der Waals surface area contributed by atoms with Gasteiger partial charge in [0.25, 0.3) is 0 Å². The van der Waals surface area contributed by atoms with Crippen LogP contribution in [0.1, 0.15) is 25.0 Å². The number of aromatic nitrogens is 1. The van der Waals surface area contributed by atoms with Gasteiger partial charge in [0, 0.05) is 30.5 Å². The van der Waals surface area contributed by atoms with Gasteiger partial charge in [-0.25, -0.2) is 0 Å². The van der Waals surface area contributed by atoms with Crippen LogP contribution < -0.4 is 5.73 Å². The molecule has 2 atom stereocenters. The molecule has 0 amide bonds. The van der Waals surface area contributed by atoms with Crippen LogP contribution in [0, 0.1) is 0 Å². The highest BCUT2D eigenvalue weighted by atomic mass is 16.3. The number of pyridine rings is 1. The van der Waals surface area contributed by atoms with Gasteiger partial charge in [-0.3, -0.25) is 4.98 Å². The molecule has 0 aromatic carbocycles. The van der Waals surface area contributed by atoms with Gasteiger partial charge in [0.1, 0.15) is 0 Å². The van der Waals surface area contributed by atoms with Gasteiger partial charge in [0.15, 0.2) is 0 Å². The van der Waals surface area contributed by atoms with Gasteiger partial charge in [-0.2, -0.15) is 0 Å². The summed E-state index contributed by atoms with van der Waals surface area (Å²) in [5.41, 5.74) is 6.85. The van der Waals surface area contributed by atoms with Gasteiger partial charge >= 0.3 is 0 Å². The zero-order valence-corrected chi connectivity index (χ0v) is 7.85. The Labute approximate surface area is 78.6 Å². The standard InChI is InChI=1S/C10H16N2O/c1-8(9(11)5-7-13)10-4-2-3-6-12-10/h2-4,6,8-9,13H,5,7,11H2,1H3/t8?,9-/m0/s1.